The fourth-order valence-corrected chi connectivity index (χ4v) is 4.20. The van der Waals surface area contributed by atoms with Crippen LogP contribution in [0.4, 0.5) is 4.39 Å². The highest BCUT2D eigenvalue weighted by atomic mass is 35.5. The maximum absolute atomic E-state index is 14.1. The molecule has 0 aromatic heterocycles. The topological polar surface area (TPSA) is 9.23 Å². The van der Waals surface area contributed by atoms with Crippen LogP contribution in [0.25, 0.3) is 0 Å². The summed E-state index contributed by atoms with van der Waals surface area (Å²) >= 11 is 6.29. The van der Waals surface area contributed by atoms with Gasteiger partial charge in [-0.15, -0.1) is 11.6 Å². The van der Waals surface area contributed by atoms with Crippen molar-refractivity contribution in [2.45, 2.75) is 75.9 Å². The van der Waals surface area contributed by atoms with Crippen LogP contribution in [0.2, 0.25) is 0 Å². The summed E-state index contributed by atoms with van der Waals surface area (Å²) in [6.45, 7) is 2.35. The Bertz CT molecular complexity index is 265. The van der Waals surface area contributed by atoms with Crippen LogP contribution in [0.5, 0.6) is 0 Å². The zero-order valence-corrected chi connectivity index (χ0v) is 13.0. The molecule has 3 heteroatoms. The predicted octanol–water partition coefficient (Wildman–Crippen LogP) is 4.96. The smallest absolute Gasteiger partial charge is 0.143 e. The summed E-state index contributed by atoms with van der Waals surface area (Å²) in [5.74, 6) is 2.12. The number of rotatable bonds is 4. The van der Waals surface area contributed by atoms with Gasteiger partial charge in [0.05, 0.1) is 11.5 Å². The van der Waals surface area contributed by atoms with Crippen molar-refractivity contribution in [3.63, 3.8) is 0 Å². The number of hydrogen-bond donors (Lipinski definition) is 0. The average molecular weight is 291 g/mol. The van der Waals surface area contributed by atoms with Crippen molar-refractivity contribution in [2.24, 2.45) is 17.8 Å². The molecule has 0 bridgehead atoms. The maximum Gasteiger partial charge on any atom is 0.143 e. The molecule has 0 heterocycles. The molecular weight excluding hydrogens is 263 g/mol. The second kappa shape index (κ2) is 7.26. The van der Waals surface area contributed by atoms with Crippen LogP contribution >= 0.6 is 11.6 Å². The Labute approximate surface area is 122 Å². The molecule has 112 valence electrons. The molecule has 2 aliphatic carbocycles. The standard InChI is InChI=1S/C16H28ClFO/c1-11-3-5-12(6-4-11)7-8-13-9-10-14(19-2)16(18)15(13)17/h11-16H,3-10H2,1-2H3. The van der Waals surface area contributed by atoms with Crippen LogP contribution < -0.4 is 0 Å². The number of hydrogen-bond acceptors (Lipinski definition) is 1. The number of alkyl halides is 2. The molecule has 0 aromatic rings. The molecule has 4 atom stereocenters. The highest BCUT2D eigenvalue weighted by Gasteiger charge is 2.38. The van der Waals surface area contributed by atoms with E-state index >= 15 is 0 Å². The maximum atomic E-state index is 14.1. The minimum absolute atomic E-state index is 0.283. The van der Waals surface area contributed by atoms with Gasteiger partial charge in [0.2, 0.25) is 0 Å². The largest absolute Gasteiger partial charge is 0.378 e. The molecule has 0 aromatic carbocycles. The zero-order valence-electron chi connectivity index (χ0n) is 12.3. The lowest BCUT2D eigenvalue weighted by Gasteiger charge is -2.36. The van der Waals surface area contributed by atoms with E-state index in [0.29, 0.717) is 5.92 Å². The molecule has 0 saturated heterocycles. The Hall–Kier alpha value is 0.180. The molecule has 4 unspecified atom stereocenters. The zero-order chi connectivity index (χ0) is 13.8. The fraction of sp³-hybridized carbons (Fsp3) is 1.00. The molecule has 1 nitrogen and oxygen atoms in total. The lowest BCUT2D eigenvalue weighted by Crippen LogP contribution is -2.41. The first kappa shape index (κ1) is 15.6. The molecule has 0 N–H and O–H groups in total. The normalized spacial score (nSPS) is 44.2. The van der Waals surface area contributed by atoms with Crippen LogP contribution in [0, 0.1) is 17.8 Å². The Morgan fingerprint density at radius 1 is 1.05 bits per heavy atom. The first-order chi connectivity index (χ1) is 9.11. The summed E-state index contributed by atoms with van der Waals surface area (Å²) in [5, 5.41) is -0.346. The molecule has 0 spiro atoms. The van der Waals surface area contributed by atoms with E-state index in [0.717, 1.165) is 31.1 Å². The van der Waals surface area contributed by atoms with E-state index in [4.69, 9.17) is 16.3 Å². The Kier molecular flexibility index (Phi) is 5.95. The van der Waals surface area contributed by atoms with Crippen LogP contribution in [0.15, 0.2) is 0 Å². The SMILES string of the molecule is COC1CCC(CCC2CCC(C)CC2)C(Cl)C1F. The lowest BCUT2D eigenvalue weighted by molar-refractivity contribution is -0.00839. The van der Waals surface area contributed by atoms with E-state index in [2.05, 4.69) is 6.92 Å². The van der Waals surface area contributed by atoms with Gasteiger partial charge in [-0.3, -0.25) is 0 Å². The summed E-state index contributed by atoms with van der Waals surface area (Å²) < 4.78 is 19.2. The molecule has 2 aliphatic rings. The molecular formula is C16H28ClFO. The first-order valence-electron chi connectivity index (χ1n) is 7.92. The van der Waals surface area contributed by atoms with E-state index < -0.39 is 6.17 Å². The van der Waals surface area contributed by atoms with Crippen LogP contribution in [0.3, 0.4) is 0 Å². The number of halogens is 2. The fourth-order valence-electron chi connectivity index (χ4n) is 3.78. The monoisotopic (exact) mass is 290 g/mol. The summed E-state index contributed by atoms with van der Waals surface area (Å²) in [6, 6.07) is 0. The van der Waals surface area contributed by atoms with Gasteiger partial charge < -0.3 is 4.74 Å². The van der Waals surface area contributed by atoms with Crippen molar-refractivity contribution in [1.82, 2.24) is 0 Å². The van der Waals surface area contributed by atoms with Crippen molar-refractivity contribution in [1.29, 1.82) is 0 Å². The summed E-state index contributed by atoms with van der Waals surface area (Å²) in [4.78, 5) is 0. The van der Waals surface area contributed by atoms with Crippen LogP contribution in [0.1, 0.15) is 58.3 Å². The predicted molar refractivity (Wildman–Crippen MR) is 78.4 cm³/mol. The van der Waals surface area contributed by atoms with Crippen molar-refractivity contribution >= 4 is 11.6 Å². The highest BCUT2D eigenvalue weighted by Crippen LogP contribution is 2.38. The number of methoxy groups -OCH3 is 1. The minimum atomic E-state index is -0.989. The third-order valence-electron chi connectivity index (χ3n) is 5.32. The Morgan fingerprint density at radius 2 is 1.74 bits per heavy atom. The van der Waals surface area contributed by atoms with Crippen LogP contribution in [-0.2, 0) is 4.74 Å². The van der Waals surface area contributed by atoms with Crippen molar-refractivity contribution in [2.75, 3.05) is 7.11 Å². The van der Waals surface area contributed by atoms with Crippen molar-refractivity contribution in [3.05, 3.63) is 0 Å². The van der Waals surface area contributed by atoms with Gasteiger partial charge in [-0.2, -0.15) is 0 Å². The first-order valence-corrected chi connectivity index (χ1v) is 8.36. The molecule has 19 heavy (non-hydrogen) atoms. The number of ether oxygens (including phenoxy) is 1. The van der Waals surface area contributed by atoms with Gasteiger partial charge in [0.25, 0.3) is 0 Å². The molecule has 2 rings (SSSR count). The Balaban J connectivity index is 1.74. The van der Waals surface area contributed by atoms with Gasteiger partial charge in [0.1, 0.15) is 6.17 Å². The van der Waals surface area contributed by atoms with E-state index in [-0.39, 0.29) is 11.5 Å². The third-order valence-corrected chi connectivity index (χ3v) is 5.91. The molecule has 0 aliphatic heterocycles. The summed E-state index contributed by atoms with van der Waals surface area (Å²) in [6.07, 6.45) is 8.39. The second-order valence-electron chi connectivity index (χ2n) is 6.70. The van der Waals surface area contributed by atoms with Crippen molar-refractivity contribution < 1.29 is 9.13 Å². The van der Waals surface area contributed by atoms with Crippen LogP contribution in [-0.4, -0.2) is 24.8 Å². The highest BCUT2D eigenvalue weighted by molar-refractivity contribution is 6.21. The molecule has 2 saturated carbocycles. The van der Waals surface area contributed by atoms with Gasteiger partial charge in [-0.25, -0.2) is 4.39 Å². The molecule has 0 amide bonds. The average Bonchev–Trinajstić information content (AvgIpc) is 2.42. The second-order valence-corrected chi connectivity index (χ2v) is 7.21. The summed E-state index contributed by atoms with van der Waals surface area (Å²) in [7, 11) is 1.59. The van der Waals surface area contributed by atoms with Gasteiger partial charge in [0.15, 0.2) is 0 Å². The molecule has 2 fully saturated rings. The van der Waals surface area contributed by atoms with E-state index in [9.17, 15) is 4.39 Å². The van der Waals surface area contributed by atoms with Gasteiger partial charge >= 0.3 is 0 Å². The quantitative estimate of drug-likeness (QED) is 0.665. The molecule has 0 radical (unpaired) electrons. The van der Waals surface area contributed by atoms with E-state index in [1.165, 1.54) is 32.1 Å². The van der Waals surface area contributed by atoms with E-state index in [1.807, 2.05) is 0 Å². The van der Waals surface area contributed by atoms with E-state index in [1.54, 1.807) is 7.11 Å². The van der Waals surface area contributed by atoms with Gasteiger partial charge in [-0.1, -0.05) is 39.0 Å². The summed E-state index contributed by atoms with van der Waals surface area (Å²) in [5.41, 5.74) is 0. The van der Waals surface area contributed by atoms with Gasteiger partial charge in [0, 0.05) is 7.11 Å². The lowest BCUT2D eigenvalue weighted by atomic mass is 9.77. The Morgan fingerprint density at radius 3 is 2.37 bits per heavy atom. The van der Waals surface area contributed by atoms with Gasteiger partial charge in [-0.05, 0) is 37.0 Å². The third kappa shape index (κ3) is 4.07. The van der Waals surface area contributed by atoms with Crippen molar-refractivity contribution in [3.8, 4) is 0 Å². The minimum Gasteiger partial charge on any atom is -0.378 e.